The maximum absolute atomic E-state index is 11.9. The largest absolute Gasteiger partial charge is 0.504 e. The molecule has 5 atom stereocenters. The molecule has 1 aliphatic heterocycles. The molecule has 13 heteroatoms. The zero-order valence-electron chi connectivity index (χ0n) is 14.0. The van der Waals surface area contributed by atoms with Gasteiger partial charge in [0.15, 0.2) is 11.5 Å². The monoisotopic (exact) mass is 422 g/mol. The van der Waals surface area contributed by atoms with Gasteiger partial charge in [-0.25, -0.2) is 8.98 Å². The SMILES string of the molecule is O=C(/C=C/c1ccc(O)c(O)c1)OC1OC(COS(=O)(=O)O)C(O)C(O)C1O. The van der Waals surface area contributed by atoms with Crippen molar-refractivity contribution in [3.8, 4) is 11.5 Å². The molecule has 0 radical (unpaired) electrons. The van der Waals surface area contributed by atoms with E-state index in [-0.39, 0.29) is 5.75 Å². The molecule has 0 bridgehead atoms. The van der Waals surface area contributed by atoms with Crippen LogP contribution in [0.3, 0.4) is 0 Å². The first kappa shape index (κ1) is 22.0. The molecule has 1 fully saturated rings. The summed E-state index contributed by atoms with van der Waals surface area (Å²) in [5.74, 6) is -1.82. The van der Waals surface area contributed by atoms with Crippen molar-refractivity contribution in [3.05, 3.63) is 29.8 Å². The van der Waals surface area contributed by atoms with E-state index in [0.717, 1.165) is 12.1 Å². The van der Waals surface area contributed by atoms with E-state index in [9.17, 15) is 38.7 Å². The maximum Gasteiger partial charge on any atom is 0.397 e. The van der Waals surface area contributed by atoms with Gasteiger partial charge >= 0.3 is 16.4 Å². The van der Waals surface area contributed by atoms with Crippen LogP contribution < -0.4 is 0 Å². The zero-order chi connectivity index (χ0) is 21.1. The average molecular weight is 422 g/mol. The van der Waals surface area contributed by atoms with Crippen molar-refractivity contribution in [1.29, 1.82) is 0 Å². The minimum atomic E-state index is -4.86. The Hall–Kier alpha value is -2.26. The first-order chi connectivity index (χ1) is 13.0. The first-order valence-corrected chi connectivity index (χ1v) is 9.06. The second kappa shape index (κ2) is 8.83. The molecule has 0 aliphatic carbocycles. The van der Waals surface area contributed by atoms with Gasteiger partial charge in [-0.05, 0) is 23.8 Å². The van der Waals surface area contributed by atoms with E-state index < -0.39 is 59.4 Å². The summed E-state index contributed by atoms with van der Waals surface area (Å²) in [5.41, 5.74) is 0.326. The van der Waals surface area contributed by atoms with Gasteiger partial charge in [-0.15, -0.1) is 0 Å². The summed E-state index contributed by atoms with van der Waals surface area (Å²) in [5, 5.41) is 48.0. The Morgan fingerprint density at radius 2 is 1.79 bits per heavy atom. The number of carbonyl (C=O) groups excluding carboxylic acids is 1. The highest BCUT2D eigenvalue weighted by molar-refractivity contribution is 7.80. The molecule has 1 aliphatic rings. The number of phenols is 2. The highest BCUT2D eigenvalue weighted by Crippen LogP contribution is 2.26. The van der Waals surface area contributed by atoms with Crippen molar-refractivity contribution in [3.63, 3.8) is 0 Å². The number of aromatic hydroxyl groups is 2. The second-order valence-electron chi connectivity index (χ2n) is 5.75. The quantitative estimate of drug-likeness (QED) is 0.131. The van der Waals surface area contributed by atoms with Crippen LogP contribution in [0.4, 0.5) is 0 Å². The van der Waals surface area contributed by atoms with Gasteiger partial charge in [0, 0.05) is 6.08 Å². The van der Waals surface area contributed by atoms with Crippen molar-refractivity contribution < 1.29 is 57.0 Å². The Morgan fingerprint density at radius 1 is 1.11 bits per heavy atom. The van der Waals surface area contributed by atoms with Crippen LogP contribution in [-0.2, 0) is 28.9 Å². The molecule has 6 N–H and O–H groups in total. The molecule has 12 nitrogen and oxygen atoms in total. The fraction of sp³-hybridized carbons (Fsp3) is 0.400. The van der Waals surface area contributed by atoms with E-state index in [1.54, 1.807) is 0 Å². The summed E-state index contributed by atoms with van der Waals surface area (Å²) in [6, 6.07) is 3.73. The number of hydrogen-bond acceptors (Lipinski definition) is 11. The van der Waals surface area contributed by atoms with Gasteiger partial charge in [0.2, 0.25) is 6.29 Å². The summed E-state index contributed by atoms with van der Waals surface area (Å²) >= 11 is 0. The number of esters is 1. The van der Waals surface area contributed by atoms with Crippen LogP contribution in [0.25, 0.3) is 6.08 Å². The third-order valence-corrected chi connectivity index (χ3v) is 4.13. The zero-order valence-corrected chi connectivity index (χ0v) is 14.8. The summed E-state index contributed by atoms with van der Waals surface area (Å²) in [6.07, 6.45) is -6.73. The van der Waals surface area contributed by atoms with E-state index in [2.05, 4.69) is 4.18 Å². The highest BCUT2D eigenvalue weighted by Gasteiger charge is 2.45. The summed E-state index contributed by atoms with van der Waals surface area (Å²) in [7, 11) is -4.86. The molecule has 1 aromatic rings. The number of hydrogen-bond donors (Lipinski definition) is 6. The molecule has 1 saturated heterocycles. The molecule has 1 heterocycles. The predicted molar refractivity (Wildman–Crippen MR) is 89.1 cm³/mol. The van der Waals surface area contributed by atoms with Crippen molar-refractivity contribution in [2.24, 2.45) is 0 Å². The van der Waals surface area contributed by atoms with Gasteiger partial charge in [-0.3, -0.25) is 4.55 Å². The van der Waals surface area contributed by atoms with Gasteiger partial charge in [0.25, 0.3) is 0 Å². The lowest BCUT2D eigenvalue weighted by Crippen LogP contribution is -2.59. The van der Waals surface area contributed by atoms with E-state index in [4.69, 9.17) is 14.0 Å². The van der Waals surface area contributed by atoms with Gasteiger partial charge in [-0.2, -0.15) is 8.42 Å². The topological polar surface area (TPSA) is 200 Å². The van der Waals surface area contributed by atoms with Crippen LogP contribution in [0.15, 0.2) is 24.3 Å². The molecule has 1 aromatic carbocycles. The Labute approximate surface area is 158 Å². The van der Waals surface area contributed by atoms with Crippen LogP contribution in [0.2, 0.25) is 0 Å². The molecular weight excluding hydrogens is 404 g/mol. The van der Waals surface area contributed by atoms with Crippen LogP contribution in [0.5, 0.6) is 11.5 Å². The normalized spacial score (nSPS) is 28.4. The minimum Gasteiger partial charge on any atom is -0.504 e. The van der Waals surface area contributed by atoms with Gasteiger partial charge in [-0.1, -0.05) is 6.07 Å². The second-order valence-corrected chi connectivity index (χ2v) is 6.84. The Bertz CT molecular complexity index is 835. The number of aliphatic hydroxyl groups excluding tert-OH is 3. The van der Waals surface area contributed by atoms with Gasteiger partial charge in [0.05, 0.1) is 6.61 Å². The smallest absolute Gasteiger partial charge is 0.397 e. The maximum atomic E-state index is 11.9. The fourth-order valence-electron chi connectivity index (χ4n) is 2.27. The average Bonchev–Trinajstić information content (AvgIpc) is 2.61. The molecule has 2 rings (SSSR count). The molecule has 0 amide bonds. The fourth-order valence-corrected chi connectivity index (χ4v) is 2.57. The van der Waals surface area contributed by atoms with Crippen molar-refractivity contribution in [1.82, 2.24) is 0 Å². The Balaban J connectivity index is 2.02. The van der Waals surface area contributed by atoms with Crippen LogP contribution in [-0.4, -0.2) is 81.8 Å². The first-order valence-electron chi connectivity index (χ1n) is 7.70. The van der Waals surface area contributed by atoms with Crippen molar-refractivity contribution in [2.45, 2.75) is 30.7 Å². The van der Waals surface area contributed by atoms with E-state index >= 15 is 0 Å². The molecule has 0 spiro atoms. The van der Waals surface area contributed by atoms with Gasteiger partial charge < -0.3 is 35.0 Å². The number of aliphatic hydroxyl groups is 3. The minimum absolute atomic E-state index is 0.326. The number of phenolic OH excluding ortho intramolecular Hbond substituents is 2. The Morgan fingerprint density at radius 3 is 2.39 bits per heavy atom. The van der Waals surface area contributed by atoms with Crippen molar-refractivity contribution in [2.75, 3.05) is 6.61 Å². The predicted octanol–water partition coefficient (Wildman–Crippen LogP) is -1.72. The summed E-state index contributed by atoms with van der Waals surface area (Å²) in [6.45, 7) is -0.916. The number of ether oxygens (including phenoxy) is 2. The van der Waals surface area contributed by atoms with E-state index in [1.165, 1.54) is 18.2 Å². The molecule has 5 unspecified atom stereocenters. The Kier molecular flexibility index (Phi) is 6.95. The highest BCUT2D eigenvalue weighted by atomic mass is 32.3. The lowest BCUT2D eigenvalue weighted by atomic mass is 9.99. The number of rotatable bonds is 6. The molecule has 0 aromatic heterocycles. The standard InChI is InChI=1S/C15H18O12S/c16-8-3-1-7(5-9(8)17)2-4-11(18)27-15-14(21)13(20)12(19)10(26-15)6-25-28(22,23)24/h1-5,10,12-17,19-21H,6H2,(H,22,23,24)/b4-2+. The third kappa shape index (κ3) is 5.87. The summed E-state index contributed by atoms with van der Waals surface area (Å²) < 4.78 is 43.7. The van der Waals surface area contributed by atoms with E-state index in [0.29, 0.717) is 5.56 Å². The molecular formula is C15H18O12S. The van der Waals surface area contributed by atoms with Crippen LogP contribution >= 0.6 is 0 Å². The lowest BCUT2D eigenvalue weighted by molar-refractivity contribution is -0.290. The molecule has 28 heavy (non-hydrogen) atoms. The molecule has 156 valence electrons. The van der Waals surface area contributed by atoms with Gasteiger partial charge in [0.1, 0.15) is 24.4 Å². The van der Waals surface area contributed by atoms with Crippen LogP contribution in [0.1, 0.15) is 5.56 Å². The number of benzene rings is 1. The number of carbonyl (C=O) groups is 1. The third-order valence-electron chi connectivity index (χ3n) is 3.69. The van der Waals surface area contributed by atoms with E-state index in [1.807, 2.05) is 0 Å². The lowest BCUT2D eigenvalue weighted by Gasteiger charge is -2.39. The molecule has 0 saturated carbocycles. The van der Waals surface area contributed by atoms with Crippen LogP contribution in [0, 0.1) is 0 Å². The summed E-state index contributed by atoms with van der Waals surface area (Å²) in [4.78, 5) is 11.9. The van der Waals surface area contributed by atoms with Crippen molar-refractivity contribution >= 4 is 22.4 Å².